The maximum Gasteiger partial charge on any atom is 0.0725 e. The highest BCUT2D eigenvalue weighted by molar-refractivity contribution is 4.76. The van der Waals surface area contributed by atoms with Crippen LogP contribution in [0.2, 0.25) is 0 Å². The molecule has 0 radical (unpaired) electrons. The van der Waals surface area contributed by atoms with E-state index in [4.69, 9.17) is 10.5 Å². The molecule has 0 spiro atoms. The molecule has 1 saturated carbocycles. The number of hydrogen-bond donors (Lipinski definition) is 1. The zero-order chi connectivity index (χ0) is 8.10. The average Bonchev–Trinajstić information content (AvgIpc) is 2.18. The van der Waals surface area contributed by atoms with Crippen LogP contribution in [0.4, 0.5) is 0 Å². The fourth-order valence-electron chi connectivity index (χ4n) is 1.72. The van der Waals surface area contributed by atoms with E-state index in [0.717, 1.165) is 19.4 Å². The second-order valence-corrected chi connectivity index (χ2v) is 3.30. The summed E-state index contributed by atoms with van der Waals surface area (Å²) in [5.41, 5.74) is 5.94. The van der Waals surface area contributed by atoms with Gasteiger partial charge in [-0.2, -0.15) is 0 Å². The van der Waals surface area contributed by atoms with E-state index in [9.17, 15) is 0 Å². The van der Waals surface area contributed by atoms with Gasteiger partial charge in [-0.25, -0.2) is 0 Å². The van der Waals surface area contributed by atoms with Crippen molar-refractivity contribution in [1.29, 1.82) is 0 Å². The molecule has 1 aliphatic rings. The third-order valence-corrected chi connectivity index (χ3v) is 2.38. The molecular formula is C9H19NO. The van der Waals surface area contributed by atoms with E-state index in [2.05, 4.69) is 0 Å². The van der Waals surface area contributed by atoms with E-state index in [1.807, 2.05) is 6.92 Å². The predicted octanol–water partition coefficient (Wildman–Crippen LogP) is 1.68. The lowest BCUT2D eigenvalue weighted by Crippen LogP contribution is -2.35. The van der Waals surface area contributed by atoms with Crippen LogP contribution in [0.15, 0.2) is 0 Å². The molecule has 0 aromatic heterocycles. The van der Waals surface area contributed by atoms with Crippen LogP contribution < -0.4 is 5.73 Å². The van der Waals surface area contributed by atoms with Gasteiger partial charge in [-0.05, 0) is 19.8 Å². The van der Waals surface area contributed by atoms with Crippen LogP contribution in [0.5, 0.6) is 0 Å². The van der Waals surface area contributed by atoms with Crippen LogP contribution >= 0.6 is 0 Å². The fourth-order valence-corrected chi connectivity index (χ4v) is 1.72. The number of nitrogens with two attached hydrogens (primary N) is 1. The lowest BCUT2D eigenvalue weighted by atomic mass is 10.1. The maximum atomic E-state index is 5.94. The molecule has 0 aromatic carbocycles. The van der Waals surface area contributed by atoms with Gasteiger partial charge in [0.1, 0.15) is 0 Å². The standard InChI is InChI=1S/C9H19NO/c1-2-11-9-7-5-3-4-6-8(9)10/h8-9H,2-7,10H2,1H3/t8-,9-/m0/s1. The van der Waals surface area contributed by atoms with E-state index < -0.39 is 0 Å². The minimum absolute atomic E-state index is 0.289. The van der Waals surface area contributed by atoms with Gasteiger partial charge in [-0.3, -0.25) is 0 Å². The van der Waals surface area contributed by atoms with Crippen LogP contribution in [0.3, 0.4) is 0 Å². The van der Waals surface area contributed by atoms with Gasteiger partial charge in [0.25, 0.3) is 0 Å². The average molecular weight is 157 g/mol. The van der Waals surface area contributed by atoms with Crippen LogP contribution in [0, 0.1) is 0 Å². The van der Waals surface area contributed by atoms with Crippen LogP contribution in [-0.2, 0) is 4.74 Å². The Bertz CT molecular complexity index is 106. The Morgan fingerprint density at radius 3 is 2.73 bits per heavy atom. The van der Waals surface area contributed by atoms with E-state index in [1.165, 1.54) is 19.3 Å². The first-order chi connectivity index (χ1) is 5.34. The Kier molecular flexibility index (Phi) is 3.87. The largest absolute Gasteiger partial charge is 0.377 e. The van der Waals surface area contributed by atoms with Crippen molar-refractivity contribution in [2.75, 3.05) is 6.61 Å². The quantitative estimate of drug-likeness (QED) is 0.619. The molecule has 66 valence electrons. The summed E-state index contributed by atoms with van der Waals surface area (Å²) in [6.45, 7) is 2.84. The van der Waals surface area contributed by atoms with Crippen molar-refractivity contribution in [1.82, 2.24) is 0 Å². The minimum atomic E-state index is 0.289. The van der Waals surface area contributed by atoms with E-state index in [1.54, 1.807) is 0 Å². The molecule has 0 bridgehead atoms. The van der Waals surface area contributed by atoms with Crippen molar-refractivity contribution in [2.24, 2.45) is 5.73 Å². The molecule has 11 heavy (non-hydrogen) atoms. The zero-order valence-corrected chi connectivity index (χ0v) is 7.38. The molecule has 0 unspecified atom stereocenters. The third kappa shape index (κ3) is 2.80. The van der Waals surface area contributed by atoms with Crippen LogP contribution in [-0.4, -0.2) is 18.8 Å². The molecule has 0 saturated heterocycles. The Labute approximate surface area is 69.1 Å². The molecule has 0 aliphatic heterocycles. The molecule has 1 fully saturated rings. The number of ether oxygens (including phenoxy) is 1. The van der Waals surface area contributed by atoms with Crippen LogP contribution in [0.25, 0.3) is 0 Å². The lowest BCUT2D eigenvalue weighted by molar-refractivity contribution is 0.0399. The highest BCUT2D eigenvalue weighted by atomic mass is 16.5. The molecule has 1 rings (SSSR count). The van der Waals surface area contributed by atoms with Crippen molar-refractivity contribution < 1.29 is 4.74 Å². The Morgan fingerprint density at radius 1 is 1.27 bits per heavy atom. The zero-order valence-electron chi connectivity index (χ0n) is 7.38. The Morgan fingerprint density at radius 2 is 2.00 bits per heavy atom. The molecular weight excluding hydrogens is 138 g/mol. The number of rotatable bonds is 2. The summed E-state index contributed by atoms with van der Waals surface area (Å²) in [4.78, 5) is 0. The van der Waals surface area contributed by atoms with Gasteiger partial charge >= 0.3 is 0 Å². The van der Waals surface area contributed by atoms with Crippen molar-refractivity contribution in [3.8, 4) is 0 Å². The van der Waals surface area contributed by atoms with Crippen LogP contribution in [0.1, 0.15) is 39.0 Å². The second kappa shape index (κ2) is 4.73. The summed E-state index contributed by atoms with van der Waals surface area (Å²) in [5.74, 6) is 0. The fraction of sp³-hybridized carbons (Fsp3) is 1.00. The summed E-state index contributed by atoms with van der Waals surface area (Å²) in [7, 11) is 0. The van der Waals surface area contributed by atoms with Gasteiger partial charge in [0, 0.05) is 12.6 Å². The summed E-state index contributed by atoms with van der Waals surface area (Å²) in [5, 5.41) is 0. The summed E-state index contributed by atoms with van der Waals surface area (Å²) >= 11 is 0. The smallest absolute Gasteiger partial charge is 0.0725 e. The SMILES string of the molecule is CCO[C@H]1CCCCC[C@@H]1N. The first-order valence-electron chi connectivity index (χ1n) is 4.71. The molecule has 2 N–H and O–H groups in total. The Hall–Kier alpha value is -0.0800. The number of hydrogen-bond acceptors (Lipinski definition) is 2. The van der Waals surface area contributed by atoms with E-state index in [-0.39, 0.29) is 6.04 Å². The van der Waals surface area contributed by atoms with Crippen molar-refractivity contribution in [3.63, 3.8) is 0 Å². The normalized spacial score (nSPS) is 33.3. The maximum absolute atomic E-state index is 5.94. The summed E-state index contributed by atoms with van der Waals surface area (Å²) < 4.78 is 5.55. The first-order valence-corrected chi connectivity index (χ1v) is 4.71. The minimum Gasteiger partial charge on any atom is -0.377 e. The molecule has 0 aromatic rings. The van der Waals surface area contributed by atoms with Gasteiger partial charge in [0.05, 0.1) is 6.10 Å². The predicted molar refractivity (Wildman–Crippen MR) is 46.5 cm³/mol. The van der Waals surface area contributed by atoms with Crippen molar-refractivity contribution in [3.05, 3.63) is 0 Å². The molecule has 2 heteroatoms. The lowest BCUT2D eigenvalue weighted by Gasteiger charge is -2.20. The van der Waals surface area contributed by atoms with Gasteiger partial charge in [-0.15, -0.1) is 0 Å². The summed E-state index contributed by atoms with van der Waals surface area (Å²) in [6, 6.07) is 0.289. The van der Waals surface area contributed by atoms with Gasteiger partial charge in [-0.1, -0.05) is 19.3 Å². The Balaban J connectivity index is 2.32. The van der Waals surface area contributed by atoms with E-state index >= 15 is 0 Å². The molecule has 0 amide bonds. The van der Waals surface area contributed by atoms with E-state index in [0.29, 0.717) is 6.10 Å². The molecule has 0 heterocycles. The van der Waals surface area contributed by atoms with Crippen molar-refractivity contribution in [2.45, 2.75) is 51.2 Å². The molecule has 1 aliphatic carbocycles. The molecule has 2 atom stereocenters. The monoisotopic (exact) mass is 157 g/mol. The molecule has 2 nitrogen and oxygen atoms in total. The van der Waals surface area contributed by atoms with Gasteiger partial charge < -0.3 is 10.5 Å². The summed E-state index contributed by atoms with van der Waals surface area (Å²) in [6.07, 6.45) is 6.54. The highest BCUT2D eigenvalue weighted by Gasteiger charge is 2.19. The first kappa shape index (κ1) is 9.01. The van der Waals surface area contributed by atoms with Crippen molar-refractivity contribution >= 4 is 0 Å². The topological polar surface area (TPSA) is 35.2 Å². The van der Waals surface area contributed by atoms with Gasteiger partial charge in [0.15, 0.2) is 0 Å². The highest BCUT2D eigenvalue weighted by Crippen LogP contribution is 2.18. The second-order valence-electron chi connectivity index (χ2n) is 3.30. The van der Waals surface area contributed by atoms with Gasteiger partial charge in [0.2, 0.25) is 0 Å². The third-order valence-electron chi connectivity index (χ3n) is 2.38.